The first-order valence-electron chi connectivity index (χ1n) is 3.16. The zero-order valence-electron chi connectivity index (χ0n) is 6.56. The molecule has 10 heteroatoms. The normalized spacial score (nSPS) is 11.1. The summed E-state index contributed by atoms with van der Waals surface area (Å²) < 4.78 is 30.7. The van der Waals surface area contributed by atoms with Crippen LogP contribution in [-0.4, -0.2) is 42.5 Å². The van der Waals surface area contributed by atoms with Crippen LogP contribution in [0.2, 0.25) is 25.1 Å². The molecule has 0 spiro atoms. The van der Waals surface area contributed by atoms with Gasteiger partial charge in [-0.25, -0.2) is 0 Å². The third kappa shape index (κ3) is 3.32. The van der Waals surface area contributed by atoms with Crippen LogP contribution in [0.25, 0.3) is 0 Å². The summed E-state index contributed by atoms with van der Waals surface area (Å²) in [6.45, 7) is 0. The van der Waals surface area contributed by atoms with Crippen molar-refractivity contribution in [1.29, 1.82) is 0 Å². The molecule has 3 nitrogen and oxygen atoms in total. The van der Waals surface area contributed by atoms with Crippen LogP contribution in [-0.2, 0) is 10.1 Å². The number of rotatable bonds is 1. The minimum absolute atomic E-state index is 0. The van der Waals surface area contributed by atoms with E-state index in [1.165, 1.54) is 0 Å². The number of hydrogen-bond donors (Lipinski definition) is 1. The molecule has 16 heavy (non-hydrogen) atoms. The van der Waals surface area contributed by atoms with Crippen LogP contribution < -0.4 is 0 Å². The topological polar surface area (TPSA) is 54.4 Å². The Bertz CT molecular complexity index is 500. The van der Waals surface area contributed by atoms with Gasteiger partial charge in [0.05, 0.1) is 25.1 Å². The molecule has 0 heterocycles. The van der Waals surface area contributed by atoms with E-state index in [9.17, 15) is 8.42 Å². The molecule has 1 N–H and O–H groups in total. The molecule has 0 aliphatic carbocycles. The Morgan fingerprint density at radius 1 is 0.750 bits per heavy atom. The van der Waals surface area contributed by atoms with Crippen molar-refractivity contribution in [1.82, 2.24) is 0 Å². The summed E-state index contributed by atoms with van der Waals surface area (Å²) in [6, 6.07) is 0. The first kappa shape index (κ1) is 17.6. The monoisotopic (exact) mass is 352 g/mol. The SMILES string of the molecule is O=S(=O)(O)c1c(Cl)c(Cl)c(Cl)c(Cl)c1Cl.[NaH]. The molecule has 0 aliphatic heterocycles. The summed E-state index contributed by atoms with van der Waals surface area (Å²) in [6.07, 6.45) is 0. The molecule has 0 aliphatic rings. The second-order valence-corrected chi connectivity index (χ2v) is 5.62. The fourth-order valence-electron chi connectivity index (χ4n) is 0.811. The van der Waals surface area contributed by atoms with Crippen molar-refractivity contribution < 1.29 is 13.0 Å². The maximum atomic E-state index is 10.9. The molecule has 0 atom stereocenters. The zero-order valence-corrected chi connectivity index (χ0v) is 11.2. The molecule has 0 radical (unpaired) electrons. The second kappa shape index (κ2) is 6.15. The Kier molecular flexibility index (Phi) is 6.76. The molecule has 0 amide bonds. The summed E-state index contributed by atoms with van der Waals surface area (Å²) in [4.78, 5) is -0.759. The molecule has 1 aromatic carbocycles. The Labute approximate surface area is 139 Å². The van der Waals surface area contributed by atoms with Crippen LogP contribution >= 0.6 is 58.0 Å². The quantitative estimate of drug-likeness (QED) is 0.363. The fraction of sp³-hybridized carbons (Fsp3) is 0. The Hall–Kier alpha value is 1.58. The Morgan fingerprint density at radius 3 is 1.25 bits per heavy atom. The molecule has 1 rings (SSSR count). The molecule has 86 valence electrons. The van der Waals surface area contributed by atoms with E-state index in [-0.39, 0.29) is 44.6 Å². The minimum atomic E-state index is -4.62. The molecule has 0 saturated heterocycles. The second-order valence-electron chi connectivity index (χ2n) is 2.37. The predicted molar refractivity (Wildman–Crippen MR) is 68.5 cm³/mol. The third-order valence-corrected chi connectivity index (χ3v) is 4.85. The van der Waals surface area contributed by atoms with E-state index in [0.717, 1.165) is 0 Å². The van der Waals surface area contributed by atoms with Gasteiger partial charge >= 0.3 is 29.6 Å². The van der Waals surface area contributed by atoms with Crippen molar-refractivity contribution in [2.75, 3.05) is 0 Å². The summed E-state index contributed by atoms with van der Waals surface area (Å²) in [5.41, 5.74) is 0. The van der Waals surface area contributed by atoms with E-state index in [0.29, 0.717) is 0 Å². The van der Waals surface area contributed by atoms with Gasteiger partial charge in [-0.05, 0) is 0 Å². The van der Waals surface area contributed by atoms with Crippen molar-refractivity contribution >= 4 is 97.7 Å². The summed E-state index contributed by atoms with van der Waals surface area (Å²) >= 11 is 27.9. The maximum absolute atomic E-state index is 10.9. The standard InChI is InChI=1S/C6HCl5O3S.Na.H/c7-1-2(8)4(10)6(15(12,13)14)5(11)3(1)9;;/h(H,12,13,14);;. The van der Waals surface area contributed by atoms with Crippen LogP contribution in [0.15, 0.2) is 4.90 Å². The fourth-order valence-corrected chi connectivity index (χ4v) is 3.30. The number of halogens is 5. The summed E-state index contributed by atoms with van der Waals surface area (Å²) in [5, 5.41) is -1.71. The van der Waals surface area contributed by atoms with Gasteiger partial charge in [0, 0.05) is 0 Å². The van der Waals surface area contributed by atoms with E-state index in [2.05, 4.69) is 0 Å². The Morgan fingerprint density at radius 2 is 1.00 bits per heavy atom. The van der Waals surface area contributed by atoms with Gasteiger partial charge in [-0.3, -0.25) is 4.55 Å². The molecule has 0 unspecified atom stereocenters. The van der Waals surface area contributed by atoms with Crippen molar-refractivity contribution in [2.24, 2.45) is 0 Å². The van der Waals surface area contributed by atoms with Gasteiger partial charge < -0.3 is 0 Å². The van der Waals surface area contributed by atoms with Gasteiger partial charge in [0.1, 0.15) is 4.90 Å². The molecular weight excluding hydrogens is 352 g/mol. The summed E-state index contributed by atoms with van der Waals surface area (Å²) in [5.74, 6) is 0. The number of hydrogen-bond acceptors (Lipinski definition) is 2. The van der Waals surface area contributed by atoms with Crippen molar-refractivity contribution in [2.45, 2.75) is 4.90 Å². The van der Waals surface area contributed by atoms with E-state index < -0.39 is 25.1 Å². The van der Waals surface area contributed by atoms with Crippen LogP contribution in [0.1, 0.15) is 0 Å². The van der Waals surface area contributed by atoms with E-state index >= 15 is 0 Å². The van der Waals surface area contributed by atoms with Gasteiger partial charge in [-0.15, -0.1) is 0 Å². The van der Waals surface area contributed by atoms with Gasteiger partial charge in [0.25, 0.3) is 10.1 Å². The van der Waals surface area contributed by atoms with Crippen molar-refractivity contribution in [3.63, 3.8) is 0 Å². The first-order valence-corrected chi connectivity index (χ1v) is 6.49. The molecule has 0 saturated carbocycles. The molecule has 1 aromatic rings. The van der Waals surface area contributed by atoms with E-state index in [1.807, 2.05) is 0 Å². The molecule has 0 aromatic heterocycles. The van der Waals surface area contributed by atoms with Gasteiger partial charge in [-0.2, -0.15) is 8.42 Å². The number of benzene rings is 1. The predicted octanol–water partition coefficient (Wildman–Crippen LogP) is 3.55. The zero-order chi connectivity index (χ0) is 12.0. The van der Waals surface area contributed by atoms with Gasteiger partial charge in [-0.1, -0.05) is 58.0 Å². The van der Waals surface area contributed by atoms with Crippen LogP contribution in [0, 0.1) is 0 Å². The van der Waals surface area contributed by atoms with Crippen LogP contribution in [0.4, 0.5) is 0 Å². The first-order chi connectivity index (χ1) is 6.68. The van der Waals surface area contributed by atoms with Crippen molar-refractivity contribution in [3.8, 4) is 0 Å². The molecule has 0 bridgehead atoms. The molecular formula is C6H2Cl5NaO3S. The van der Waals surface area contributed by atoms with Crippen LogP contribution in [0.3, 0.4) is 0 Å². The summed E-state index contributed by atoms with van der Waals surface area (Å²) in [7, 11) is -4.62. The Balaban J connectivity index is 0.00000225. The average molecular weight is 354 g/mol. The van der Waals surface area contributed by atoms with Crippen LogP contribution in [0.5, 0.6) is 0 Å². The molecule has 0 fully saturated rings. The van der Waals surface area contributed by atoms with Crippen molar-refractivity contribution in [3.05, 3.63) is 25.1 Å². The van der Waals surface area contributed by atoms with E-state index in [4.69, 9.17) is 62.6 Å². The third-order valence-electron chi connectivity index (χ3n) is 1.43. The van der Waals surface area contributed by atoms with Gasteiger partial charge in [0.15, 0.2) is 0 Å². The average Bonchev–Trinajstić information content (AvgIpc) is 2.09. The van der Waals surface area contributed by atoms with E-state index in [1.54, 1.807) is 0 Å². The van der Waals surface area contributed by atoms with Gasteiger partial charge in [0.2, 0.25) is 0 Å².